The number of anilines is 1. The fourth-order valence-electron chi connectivity index (χ4n) is 1.05. The first-order valence-corrected chi connectivity index (χ1v) is 3.44. The van der Waals surface area contributed by atoms with Gasteiger partial charge in [-0.15, -0.1) is 0 Å². The maximum atomic E-state index is 12.7. The monoisotopic (exact) mass is 163 g/mol. The average Bonchev–Trinajstić information content (AvgIpc) is 2.04. The standard InChI is InChI=1S/C8H6FN3/c9-7-4-5(10)8-6(12-7)2-1-3-11-8/h1-4H,(H2,10,12). The molecule has 0 fully saturated rings. The quantitative estimate of drug-likeness (QED) is 0.596. The molecule has 0 aromatic carbocycles. The molecule has 0 aliphatic heterocycles. The molecule has 4 heteroatoms. The van der Waals surface area contributed by atoms with Gasteiger partial charge in [0, 0.05) is 12.3 Å². The highest BCUT2D eigenvalue weighted by Gasteiger charge is 2.01. The maximum Gasteiger partial charge on any atom is 0.215 e. The van der Waals surface area contributed by atoms with Crippen LogP contribution in [0.5, 0.6) is 0 Å². The van der Waals surface area contributed by atoms with Crippen molar-refractivity contribution in [2.45, 2.75) is 0 Å². The topological polar surface area (TPSA) is 51.8 Å². The Morgan fingerprint density at radius 1 is 1.42 bits per heavy atom. The van der Waals surface area contributed by atoms with E-state index in [1.165, 1.54) is 0 Å². The van der Waals surface area contributed by atoms with Crippen LogP contribution in [0.4, 0.5) is 10.1 Å². The maximum absolute atomic E-state index is 12.7. The summed E-state index contributed by atoms with van der Waals surface area (Å²) in [5, 5.41) is 0. The Labute approximate surface area is 68.1 Å². The summed E-state index contributed by atoms with van der Waals surface area (Å²) < 4.78 is 12.7. The molecule has 3 nitrogen and oxygen atoms in total. The fraction of sp³-hybridized carbons (Fsp3) is 0. The van der Waals surface area contributed by atoms with Crippen molar-refractivity contribution >= 4 is 16.7 Å². The van der Waals surface area contributed by atoms with E-state index >= 15 is 0 Å². The summed E-state index contributed by atoms with van der Waals surface area (Å²) in [7, 11) is 0. The number of hydrogen-bond donors (Lipinski definition) is 1. The molecule has 12 heavy (non-hydrogen) atoms. The first-order chi connectivity index (χ1) is 5.77. The van der Waals surface area contributed by atoms with Gasteiger partial charge in [0.25, 0.3) is 0 Å². The molecule has 2 heterocycles. The molecule has 2 aromatic heterocycles. The summed E-state index contributed by atoms with van der Waals surface area (Å²) in [6, 6.07) is 4.52. The Morgan fingerprint density at radius 2 is 2.25 bits per heavy atom. The third-order valence-electron chi connectivity index (χ3n) is 1.56. The van der Waals surface area contributed by atoms with E-state index in [-0.39, 0.29) is 0 Å². The van der Waals surface area contributed by atoms with E-state index in [1.807, 2.05) is 0 Å². The van der Waals surface area contributed by atoms with Gasteiger partial charge in [-0.1, -0.05) is 0 Å². The van der Waals surface area contributed by atoms with Gasteiger partial charge in [0.1, 0.15) is 5.52 Å². The first kappa shape index (κ1) is 6.97. The van der Waals surface area contributed by atoms with E-state index in [2.05, 4.69) is 9.97 Å². The predicted molar refractivity (Wildman–Crippen MR) is 43.9 cm³/mol. The van der Waals surface area contributed by atoms with Gasteiger partial charge in [-0.25, -0.2) is 4.98 Å². The summed E-state index contributed by atoms with van der Waals surface area (Å²) in [4.78, 5) is 7.60. The zero-order chi connectivity index (χ0) is 8.55. The Morgan fingerprint density at radius 3 is 3.08 bits per heavy atom. The number of nitrogens with zero attached hydrogens (tertiary/aromatic N) is 2. The van der Waals surface area contributed by atoms with Gasteiger partial charge >= 0.3 is 0 Å². The molecule has 0 bridgehead atoms. The van der Waals surface area contributed by atoms with E-state index in [0.29, 0.717) is 16.7 Å². The zero-order valence-corrected chi connectivity index (χ0v) is 6.16. The Bertz CT molecular complexity index is 428. The van der Waals surface area contributed by atoms with Crippen LogP contribution in [0.2, 0.25) is 0 Å². The molecule has 2 N–H and O–H groups in total. The summed E-state index contributed by atoms with van der Waals surface area (Å²) >= 11 is 0. The van der Waals surface area contributed by atoms with Gasteiger partial charge in [-0.05, 0) is 12.1 Å². The van der Waals surface area contributed by atoms with Crippen molar-refractivity contribution < 1.29 is 4.39 Å². The second-order valence-corrected chi connectivity index (χ2v) is 2.41. The van der Waals surface area contributed by atoms with Crippen molar-refractivity contribution in [1.82, 2.24) is 9.97 Å². The molecular formula is C8H6FN3. The number of halogens is 1. The van der Waals surface area contributed by atoms with Crippen LogP contribution in [0.1, 0.15) is 0 Å². The van der Waals surface area contributed by atoms with Gasteiger partial charge in [0.2, 0.25) is 5.95 Å². The molecule has 60 valence electrons. The lowest BCUT2D eigenvalue weighted by atomic mass is 10.3. The van der Waals surface area contributed by atoms with Crippen LogP contribution >= 0.6 is 0 Å². The van der Waals surface area contributed by atoms with E-state index in [4.69, 9.17) is 5.73 Å². The molecule has 0 spiro atoms. The number of hydrogen-bond acceptors (Lipinski definition) is 3. The SMILES string of the molecule is Nc1cc(F)nc2cccnc12. The van der Waals surface area contributed by atoms with Crippen molar-refractivity contribution in [1.29, 1.82) is 0 Å². The van der Waals surface area contributed by atoms with Crippen LogP contribution < -0.4 is 5.73 Å². The second kappa shape index (κ2) is 2.41. The van der Waals surface area contributed by atoms with Crippen LogP contribution in [-0.2, 0) is 0 Å². The predicted octanol–water partition coefficient (Wildman–Crippen LogP) is 1.35. The lowest BCUT2D eigenvalue weighted by molar-refractivity contribution is 0.589. The van der Waals surface area contributed by atoms with E-state index in [9.17, 15) is 4.39 Å². The molecular weight excluding hydrogens is 157 g/mol. The minimum atomic E-state index is -0.576. The number of nitrogen functional groups attached to an aromatic ring is 1. The van der Waals surface area contributed by atoms with E-state index in [1.54, 1.807) is 18.3 Å². The molecule has 0 saturated carbocycles. The third-order valence-corrected chi connectivity index (χ3v) is 1.56. The minimum Gasteiger partial charge on any atom is -0.397 e. The van der Waals surface area contributed by atoms with Crippen LogP contribution in [-0.4, -0.2) is 9.97 Å². The van der Waals surface area contributed by atoms with Crippen LogP contribution in [0, 0.1) is 5.95 Å². The molecule has 0 amide bonds. The fourth-order valence-corrected chi connectivity index (χ4v) is 1.05. The molecule has 0 saturated heterocycles. The number of fused-ring (bicyclic) bond motifs is 1. The molecule has 0 aliphatic rings. The van der Waals surface area contributed by atoms with Gasteiger partial charge < -0.3 is 5.73 Å². The van der Waals surface area contributed by atoms with Crippen LogP contribution in [0.3, 0.4) is 0 Å². The number of nitrogens with two attached hydrogens (primary N) is 1. The average molecular weight is 163 g/mol. The lowest BCUT2D eigenvalue weighted by Crippen LogP contribution is -1.93. The summed E-state index contributed by atoms with van der Waals surface area (Å²) in [5.41, 5.74) is 6.85. The highest BCUT2D eigenvalue weighted by atomic mass is 19.1. The van der Waals surface area contributed by atoms with E-state index < -0.39 is 5.95 Å². The highest BCUT2D eigenvalue weighted by molar-refractivity contribution is 5.85. The first-order valence-electron chi connectivity index (χ1n) is 3.44. The van der Waals surface area contributed by atoms with Crippen molar-refractivity contribution in [2.24, 2.45) is 0 Å². The van der Waals surface area contributed by atoms with Crippen molar-refractivity contribution in [2.75, 3.05) is 5.73 Å². The highest BCUT2D eigenvalue weighted by Crippen LogP contribution is 2.16. The largest absolute Gasteiger partial charge is 0.397 e. The summed E-state index contributed by atoms with van der Waals surface area (Å²) in [6.45, 7) is 0. The van der Waals surface area contributed by atoms with Gasteiger partial charge in [0.05, 0.1) is 11.2 Å². The molecule has 2 rings (SSSR count). The van der Waals surface area contributed by atoms with Crippen LogP contribution in [0.15, 0.2) is 24.4 Å². The summed E-state index contributed by atoms with van der Waals surface area (Å²) in [5.74, 6) is -0.576. The van der Waals surface area contributed by atoms with Crippen molar-refractivity contribution in [3.63, 3.8) is 0 Å². The zero-order valence-electron chi connectivity index (χ0n) is 6.16. The molecule has 0 unspecified atom stereocenters. The molecule has 2 aromatic rings. The summed E-state index contributed by atoms with van der Waals surface area (Å²) in [6.07, 6.45) is 1.60. The second-order valence-electron chi connectivity index (χ2n) is 2.41. The Balaban J connectivity index is 2.89. The molecule has 0 aliphatic carbocycles. The number of pyridine rings is 2. The van der Waals surface area contributed by atoms with Crippen molar-refractivity contribution in [3.05, 3.63) is 30.3 Å². The lowest BCUT2D eigenvalue weighted by Gasteiger charge is -1.98. The molecule has 0 atom stereocenters. The Hall–Kier alpha value is -1.71. The van der Waals surface area contributed by atoms with Gasteiger partial charge in [0.15, 0.2) is 0 Å². The van der Waals surface area contributed by atoms with Gasteiger partial charge in [-0.3, -0.25) is 4.98 Å². The number of aromatic nitrogens is 2. The smallest absolute Gasteiger partial charge is 0.215 e. The van der Waals surface area contributed by atoms with Crippen molar-refractivity contribution in [3.8, 4) is 0 Å². The van der Waals surface area contributed by atoms with E-state index in [0.717, 1.165) is 6.07 Å². The normalized spacial score (nSPS) is 10.4. The molecule has 0 radical (unpaired) electrons. The minimum absolute atomic E-state index is 0.318. The van der Waals surface area contributed by atoms with Crippen LogP contribution in [0.25, 0.3) is 11.0 Å². The Kier molecular flexibility index (Phi) is 1.40. The van der Waals surface area contributed by atoms with Gasteiger partial charge in [-0.2, -0.15) is 4.39 Å². The third kappa shape index (κ3) is 0.972. The number of rotatable bonds is 0.